The van der Waals surface area contributed by atoms with Crippen molar-refractivity contribution in [2.24, 2.45) is 0 Å². The molecule has 0 aromatic heterocycles. The highest BCUT2D eigenvalue weighted by Gasteiger charge is 2.22. The van der Waals surface area contributed by atoms with Gasteiger partial charge in [0.25, 0.3) is 15.9 Å². The van der Waals surface area contributed by atoms with Crippen LogP contribution in [0.15, 0.2) is 71.6 Å². The van der Waals surface area contributed by atoms with Crippen molar-refractivity contribution >= 4 is 38.9 Å². The first kappa shape index (κ1) is 22.5. The third kappa shape index (κ3) is 5.06. The predicted molar refractivity (Wildman–Crippen MR) is 129 cm³/mol. The van der Waals surface area contributed by atoms with E-state index in [1.807, 2.05) is 13.0 Å². The van der Waals surface area contributed by atoms with Crippen molar-refractivity contribution in [1.29, 1.82) is 0 Å². The van der Waals surface area contributed by atoms with Gasteiger partial charge >= 0.3 is 0 Å². The van der Waals surface area contributed by atoms with Crippen LogP contribution in [0, 0.1) is 13.8 Å². The van der Waals surface area contributed by atoms with Gasteiger partial charge in [0.15, 0.2) is 0 Å². The Kier molecular flexibility index (Phi) is 6.20. The molecule has 0 bridgehead atoms. The molecule has 8 heteroatoms. The van der Waals surface area contributed by atoms with Crippen LogP contribution >= 0.6 is 0 Å². The highest BCUT2D eigenvalue weighted by atomic mass is 32.2. The largest absolute Gasteiger partial charge is 0.322 e. The van der Waals surface area contributed by atoms with Crippen LogP contribution in [0.25, 0.3) is 0 Å². The quantitative estimate of drug-likeness (QED) is 0.563. The zero-order chi connectivity index (χ0) is 23.6. The number of nitrogens with zero attached hydrogens (tertiary/aromatic N) is 1. The number of aryl methyl sites for hydroxylation is 2. The fourth-order valence-electron chi connectivity index (χ4n) is 3.80. The molecule has 170 valence electrons. The third-order valence-electron chi connectivity index (χ3n) is 5.52. The Balaban J connectivity index is 1.52. The van der Waals surface area contributed by atoms with Crippen molar-refractivity contribution in [3.8, 4) is 0 Å². The van der Waals surface area contributed by atoms with E-state index in [1.54, 1.807) is 66.4 Å². The van der Waals surface area contributed by atoms with Gasteiger partial charge in [0.1, 0.15) is 0 Å². The molecule has 1 heterocycles. The lowest BCUT2D eigenvalue weighted by atomic mass is 10.1. The number of benzene rings is 3. The van der Waals surface area contributed by atoms with Crippen LogP contribution in [0.1, 0.15) is 34.3 Å². The fourth-order valence-corrected chi connectivity index (χ4v) is 5.12. The first-order chi connectivity index (χ1) is 15.7. The van der Waals surface area contributed by atoms with Gasteiger partial charge in [-0.05, 0) is 79.9 Å². The Hall–Kier alpha value is -3.65. The highest BCUT2D eigenvalue weighted by molar-refractivity contribution is 7.92. The topological polar surface area (TPSA) is 95.6 Å². The van der Waals surface area contributed by atoms with Crippen LogP contribution in [0.4, 0.5) is 17.1 Å². The van der Waals surface area contributed by atoms with Crippen LogP contribution in [0.2, 0.25) is 0 Å². The number of carbonyl (C=O) groups excluding carboxylic acids is 2. The van der Waals surface area contributed by atoms with Crippen LogP contribution in [0.3, 0.4) is 0 Å². The molecule has 1 saturated heterocycles. The molecule has 1 fully saturated rings. The van der Waals surface area contributed by atoms with Gasteiger partial charge in [-0.3, -0.25) is 14.3 Å². The molecule has 2 N–H and O–H groups in total. The van der Waals surface area contributed by atoms with Crippen molar-refractivity contribution < 1.29 is 18.0 Å². The minimum absolute atomic E-state index is 0.0412. The molecule has 3 aromatic rings. The molecular weight excluding hydrogens is 438 g/mol. The van der Waals surface area contributed by atoms with Gasteiger partial charge in [0, 0.05) is 35.6 Å². The fraction of sp³-hybridized carbons (Fsp3) is 0.200. The normalized spacial score (nSPS) is 13.8. The number of hydrogen-bond acceptors (Lipinski definition) is 4. The average molecular weight is 464 g/mol. The van der Waals surface area contributed by atoms with E-state index in [2.05, 4.69) is 10.0 Å². The lowest BCUT2D eigenvalue weighted by Crippen LogP contribution is -2.23. The number of carbonyl (C=O) groups is 2. The average Bonchev–Trinajstić information content (AvgIpc) is 3.20. The number of anilines is 3. The van der Waals surface area contributed by atoms with Crippen LogP contribution in [-0.2, 0) is 14.8 Å². The lowest BCUT2D eigenvalue weighted by molar-refractivity contribution is -0.117. The van der Waals surface area contributed by atoms with Gasteiger partial charge in [0.05, 0.1) is 4.90 Å². The Morgan fingerprint density at radius 2 is 1.70 bits per heavy atom. The molecule has 2 amide bonds. The van der Waals surface area contributed by atoms with E-state index < -0.39 is 15.9 Å². The molecule has 1 aliphatic heterocycles. The van der Waals surface area contributed by atoms with E-state index in [-0.39, 0.29) is 16.4 Å². The molecule has 7 nitrogen and oxygen atoms in total. The van der Waals surface area contributed by atoms with Gasteiger partial charge < -0.3 is 10.2 Å². The van der Waals surface area contributed by atoms with E-state index in [9.17, 15) is 18.0 Å². The van der Waals surface area contributed by atoms with E-state index in [1.165, 1.54) is 6.07 Å². The predicted octanol–water partition coefficient (Wildman–Crippen LogP) is 4.48. The van der Waals surface area contributed by atoms with Crippen molar-refractivity contribution in [2.45, 2.75) is 31.6 Å². The number of amides is 2. The number of hydrogen-bond donors (Lipinski definition) is 2. The molecule has 0 unspecified atom stereocenters. The molecule has 33 heavy (non-hydrogen) atoms. The zero-order valence-corrected chi connectivity index (χ0v) is 19.3. The maximum Gasteiger partial charge on any atom is 0.262 e. The Labute approximate surface area is 193 Å². The second-order valence-electron chi connectivity index (χ2n) is 8.11. The Morgan fingerprint density at radius 3 is 2.36 bits per heavy atom. The first-order valence-electron chi connectivity index (χ1n) is 10.6. The first-order valence-corrected chi connectivity index (χ1v) is 12.1. The monoisotopic (exact) mass is 463 g/mol. The number of rotatable bonds is 6. The summed E-state index contributed by atoms with van der Waals surface area (Å²) >= 11 is 0. The van der Waals surface area contributed by atoms with Gasteiger partial charge in [-0.1, -0.05) is 18.2 Å². The molecule has 0 atom stereocenters. The Morgan fingerprint density at radius 1 is 0.939 bits per heavy atom. The van der Waals surface area contributed by atoms with Crippen molar-refractivity contribution in [3.05, 3.63) is 83.4 Å². The molecule has 0 spiro atoms. The van der Waals surface area contributed by atoms with Gasteiger partial charge in [-0.15, -0.1) is 0 Å². The summed E-state index contributed by atoms with van der Waals surface area (Å²) in [5, 5.41) is 2.78. The highest BCUT2D eigenvalue weighted by Crippen LogP contribution is 2.25. The van der Waals surface area contributed by atoms with Gasteiger partial charge in [-0.2, -0.15) is 0 Å². The minimum atomic E-state index is -3.88. The van der Waals surface area contributed by atoms with Gasteiger partial charge in [-0.25, -0.2) is 8.42 Å². The summed E-state index contributed by atoms with van der Waals surface area (Å²) in [4.78, 5) is 26.5. The van der Waals surface area contributed by atoms with Crippen molar-refractivity contribution in [2.75, 3.05) is 21.5 Å². The zero-order valence-electron chi connectivity index (χ0n) is 18.5. The summed E-state index contributed by atoms with van der Waals surface area (Å²) in [6.07, 6.45) is 1.39. The SMILES string of the molecule is Cc1cccc(NS(=O)(=O)c2cc(C(=O)Nc3ccc(N4CCCC4=O)cc3)ccc2C)c1. The number of sulfonamides is 1. The number of nitrogens with one attached hydrogen (secondary N) is 2. The molecular formula is C25H25N3O4S. The van der Waals surface area contributed by atoms with Crippen molar-refractivity contribution in [1.82, 2.24) is 0 Å². The summed E-state index contributed by atoms with van der Waals surface area (Å²) in [6.45, 7) is 4.26. The summed E-state index contributed by atoms with van der Waals surface area (Å²) in [7, 11) is -3.88. The van der Waals surface area contributed by atoms with E-state index in [0.717, 1.165) is 17.7 Å². The molecule has 0 aliphatic carbocycles. The Bertz CT molecular complexity index is 1320. The molecule has 0 radical (unpaired) electrons. The van der Waals surface area contributed by atoms with Crippen molar-refractivity contribution in [3.63, 3.8) is 0 Å². The second kappa shape index (κ2) is 9.07. The maximum absolute atomic E-state index is 13.0. The third-order valence-corrected chi connectivity index (χ3v) is 7.04. The molecule has 3 aromatic carbocycles. The summed E-state index contributed by atoms with van der Waals surface area (Å²) < 4.78 is 28.5. The summed E-state index contributed by atoms with van der Waals surface area (Å²) in [5.74, 6) is -0.327. The smallest absolute Gasteiger partial charge is 0.262 e. The van der Waals surface area contributed by atoms with Crippen LogP contribution in [0.5, 0.6) is 0 Å². The maximum atomic E-state index is 13.0. The minimum Gasteiger partial charge on any atom is -0.322 e. The van der Waals surface area contributed by atoms with E-state index in [0.29, 0.717) is 29.9 Å². The van der Waals surface area contributed by atoms with Crippen LogP contribution < -0.4 is 14.9 Å². The van der Waals surface area contributed by atoms with E-state index >= 15 is 0 Å². The molecule has 4 rings (SSSR count). The molecule has 1 aliphatic rings. The van der Waals surface area contributed by atoms with E-state index in [4.69, 9.17) is 0 Å². The standard InChI is InChI=1S/C25H25N3O4S/c1-17-5-3-6-21(15-17)27-33(31,32)23-16-19(9-8-18(23)2)25(30)26-20-10-12-22(13-11-20)28-14-4-7-24(28)29/h3,5-6,8-13,15-16,27H,4,7,14H2,1-2H3,(H,26,30). The summed E-state index contributed by atoms with van der Waals surface area (Å²) in [5.41, 5.74) is 3.50. The lowest BCUT2D eigenvalue weighted by Gasteiger charge is -2.16. The van der Waals surface area contributed by atoms with Crippen LogP contribution in [-0.4, -0.2) is 26.8 Å². The summed E-state index contributed by atoms with van der Waals surface area (Å²) in [6, 6.07) is 18.7. The second-order valence-corrected chi connectivity index (χ2v) is 9.76. The molecule has 0 saturated carbocycles. The van der Waals surface area contributed by atoms with Gasteiger partial charge in [0.2, 0.25) is 5.91 Å².